The second-order valence-corrected chi connectivity index (χ2v) is 10.6. The first kappa shape index (κ1) is 27.4. The lowest BCUT2D eigenvalue weighted by molar-refractivity contribution is -0.157. The number of aliphatic hydroxyl groups excluding tert-OH is 1. The number of carbonyl (C=O) groups excluding carboxylic acids is 3. The summed E-state index contributed by atoms with van der Waals surface area (Å²) in [6, 6.07) is -1.46. The molecule has 7 atom stereocenters. The molecule has 0 radical (unpaired) electrons. The van der Waals surface area contributed by atoms with Crippen LogP contribution in [-0.2, 0) is 19.1 Å². The Kier molecular flexibility index (Phi) is 8.16. The van der Waals surface area contributed by atoms with E-state index >= 15 is 0 Å². The number of nitrogens with zero attached hydrogens (tertiary/aromatic N) is 3. The normalized spacial score (nSPS) is 32.8. The van der Waals surface area contributed by atoms with Crippen molar-refractivity contribution in [2.75, 3.05) is 26.7 Å². The van der Waals surface area contributed by atoms with E-state index in [0.29, 0.717) is 32.4 Å². The van der Waals surface area contributed by atoms with Gasteiger partial charge in [0.15, 0.2) is 0 Å². The van der Waals surface area contributed by atoms with Crippen LogP contribution in [0.15, 0.2) is 25.3 Å². The summed E-state index contributed by atoms with van der Waals surface area (Å²) in [6.07, 6.45) is 6.70. The van der Waals surface area contributed by atoms with Gasteiger partial charge in [0.05, 0.1) is 30.1 Å². The van der Waals surface area contributed by atoms with Crippen molar-refractivity contribution >= 4 is 17.7 Å². The number of fused-ring (bicyclic) bond motifs is 1. The van der Waals surface area contributed by atoms with E-state index in [1.54, 1.807) is 33.9 Å². The van der Waals surface area contributed by atoms with Crippen LogP contribution in [0.2, 0.25) is 0 Å². The van der Waals surface area contributed by atoms with Gasteiger partial charge in [0.2, 0.25) is 17.7 Å². The first-order valence-corrected chi connectivity index (χ1v) is 13.0. The van der Waals surface area contributed by atoms with Crippen molar-refractivity contribution in [1.82, 2.24) is 14.7 Å². The molecule has 0 aromatic rings. The minimum Gasteiger partial charge on any atom is -0.394 e. The molecule has 0 aliphatic carbocycles. The fourth-order valence-corrected chi connectivity index (χ4v) is 6.70. The van der Waals surface area contributed by atoms with Crippen molar-refractivity contribution in [1.29, 1.82) is 0 Å². The smallest absolute Gasteiger partial charge is 0.248 e. The highest BCUT2D eigenvalue weighted by Crippen LogP contribution is 2.63. The topological polar surface area (TPSA) is 90.4 Å². The molecule has 2 bridgehead atoms. The predicted molar refractivity (Wildman–Crippen MR) is 134 cm³/mol. The summed E-state index contributed by atoms with van der Waals surface area (Å²) in [5, 5.41) is 10.2. The Bertz CT molecular complexity index is 858. The predicted octanol–water partition coefficient (Wildman–Crippen LogP) is 2.37. The first-order chi connectivity index (χ1) is 16.6. The lowest BCUT2D eigenvalue weighted by atomic mass is 9.66. The molecule has 3 unspecified atom stereocenters. The van der Waals surface area contributed by atoms with E-state index in [1.165, 1.54) is 0 Å². The summed E-state index contributed by atoms with van der Waals surface area (Å²) in [5.41, 5.74) is -1.91. The number of rotatable bonds is 12. The number of hydrogen-bond acceptors (Lipinski definition) is 5. The largest absolute Gasteiger partial charge is 0.394 e. The van der Waals surface area contributed by atoms with Crippen LogP contribution in [0.4, 0.5) is 0 Å². The molecule has 0 saturated carbocycles. The lowest BCUT2D eigenvalue weighted by Crippen LogP contribution is -2.60. The van der Waals surface area contributed by atoms with Crippen LogP contribution < -0.4 is 0 Å². The fourth-order valence-electron chi connectivity index (χ4n) is 6.70. The summed E-state index contributed by atoms with van der Waals surface area (Å²) in [6.45, 7) is 15.9. The van der Waals surface area contributed by atoms with Gasteiger partial charge in [0.1, 0.15) is 11.6 Å². The van der Waals surface area contributed by atoms with E-state index in [2.05, 4.69) is 20.1 Å². The van der Waals surface area contributed by atoms with Crippen LogP contribution >= 0.6 is 0 Å². The number of carbonyl (C=O) groups is 3. The Morgan fingerprint density at radius 3 is 2.43 bits per heavy atom. The van der Waals surface area contributed by atoms with Crippen LogP contribution in [0.5, 0.6) is 0 Å². The standard InChI is InChI=1S/C27H43N3O5/c1-8-12-18(5)29(16-10-3)25(34)22-27-14-13-26(6,35-27)20(23(32)28(7)15-9-2)21(27)24(33)30(22)19(11-4)17-31/h9-10,18-22,31H,2-3,8,11-17H2,1,4-7H3/t18?,19-,20-,21-,22?,26+,27?/m0/s1. The third kappa shape index (κ3) is 4.22. The molecule has 0 aromatic heterocycles. The average molecular weight is 490 g/mol. The molecule has 3 aliphatic rings. The van der Waals surface area contributed by atoms with Crippen molar-refractivity contribution in [3.63, 3.8) is 0 Å². The zero-order valence-electron chi connectivity index (χ0n) is 22.0. The molecular weight excluding hydrogens is 446 g/mol. The second kappa shape index (κ2) is 10.4. The molecule has 0 aromatic carbocycles. The molecule has 3 aliphatic heterocycles. The van der Waals surface area contributed by atoms with Gasteiger partial charge < -0.3 is 24.5 Å². The Morgan fingerprint density at radius 2 is 1.89 bits per heavy atom. The van der Waals surface area contributed by atoms with Crippen LogP contribution in [-0.4, -0.2) is 93.6 Å². The zero-order valence-corrected chi connectivity index (χ0v) is 22.0. The maximum absolute atomic E-state index is 14.3. The van der Waals surface area contributed by atoms with E-state index in [0.717, 1.165) is 12.8 Å². The van der Waals surface area contributed by atoms with Gasteiger partial charge in [-0.05, 0) is 39.5 Å². The van der Waals surface area contributed by atoms with Crippen LogP contribution in [0.3, 0.4) is 0 Å². The van der Waals surface area contributed by atoms with Crippen molar-refractivity contribution < 1.29 is 24.2 Å². The highest BCUT2D eigenvalue weighted by Gasteiger charge is 2.78. The van der Waals surface area contributed by atoms with Gasteiger partial charge >= 0.3 is 0 Å². The van der Waals surface area contributed by atoms with Crippen LogP contribution in [0.1, 0.15) is 59.8 Å². The third-order valence-electron chi connectivity index (χ3n) is 8.42. The van der Waals surface area contributed by atoms with E-state index in [4.69, 9.17) is 4.74 Å². The van der Waals surface area contributed by atoms with E-state index in [9.17, 15) is 19.5 Å². The summed E-state index contributed by atoms with van der Waals surface area (Å²) in [7, 11) is 1.70. The SMILES string of the molecule is C=CCN(C)C(=O)[C@@H]1[C@H]2C(=O)N([C@@H](CC)CO)C(C(=O)N(CC=C)C(C)CCC)C23CC[C@@]1(C)O3. The van der Waals surface area contributed by atoms with Gasteiger partial charge in [-0.2, -0.15) is 0 Å². The van der Waals surface area contributed by atoms with E-state index in [1.807, 2.05) is 20.8 Å². The Hall–Kier alpha value is -2.19. The van der Waals surface area contributed by atoms with Gasteiger partial charge in [0.25, 0.3) is 0 Å². The number of likely N-dealkylation sites (tertiary alicyclic amines) is 1. The molecule has 3 fully saturated rings. The third-order valence-corrected chi connectivity index (χ3v) is 8.42. The molecule has 35 heavy (non-hydrogen) atoms. The number of ether oxygens (including phenoxy) is 1. The number of aliphatic hydroxyl groups is 1. The molecule has 3 rings (SSSR count). The van der Waals surface area contributed by atoms with Crippen molar-refractivity contribution in [2.45, 2.75) is 89.1 Å². The maximum Gasteiger partial charge on any atom is 0.248 e. The number of hydrogen-bond donors (Lipinski definition) is 1. The quantitative estimate of drug-likeness (QED) is 0.425. The Morgan fingerprint density at radius 1 is 1.23 bits per heavy atom. The molecule has 3 heterocycles. The fraction of sp³-hybridized carbons (Fsp3) is 0.741. The van der Waals surface area contributed by atoms with Crippen LogP contribution in [0.25, 0.3) is 0 Å². The molecule has 3 saturated heterocycles. The van der Waals surface area contributed by atoms with Gasteiger partial charge in [-0.15, -0.1) is 13.2 Å². The van der Waals surface area contributed by atoms with Crippen molar-refractivity contribution in [3.8, 4) is 0 Å². The highest BCUT2D eigenvalue weighted by atomic mass is 16.5. The van der Waals surface area contributed by atoms with Crippen molar-refractivity contribution in [3.05, 3.63) is 25.3 Å². The summed E-state index contributed by atoms with van der Waals surface area (Å²) in [5.74, 6) is -2.07. The molecule has 1 spiro atoms. The summed E-state index contributed by atoms with van der Waals surface area (Å²) >= 11 is 0. The van der Waals surface area contributed by atoms with E-state index in [-0.39, 0.29) is 30.4 Å². The molecule has 3 amide bonds. The minimum absolute atomic E-state index is 0.0440. The Labute approximate surface area is 210 Å². The number of likely N-dealkylation sites (N-methyl/N-ethyl adjacent to an activating group) is 1. The molecule has 8 heteroatoms. The van der Waals surface area contributed by atoms with Gasteiger partial charge in [-0.1, -0.05) is 32.4 Å². The molecule has 196 valence electrons. The van der Waals surface area contributed by atoms with Gasteiger partial charge in [-0.3, -0.25) is 14.4 Å². The first-order valence-electron chi connectivity index (χ1n) is 13.0. The van der Waals surface area contributed by atoms with Crippen LogP contribution in [0, 0.1) is 11.8 Å². The minimum atomic E-state index is -1.09. The molecule has 8 nitrogen and oxygen atoms in total. The summed E-state index contributed by atoms with van der Waals surface area (Å²) in [4.78, 5) is 46.9. The molecular formula is C27H43N3O5. The highest BCUT2D eigenvalue weighted by molar-refractivity contribution is 5.99. The maximum atomic E-state index is 14.3. The summed E-state index contributed by atoms with van der Waals surface area (Å²) < 4.78 is 6.68. The molecule has 1 N–H and O–H groups in total. The lowest BCUT2D eigenvalue weighted by Gasteiger charge is -2.41. The van der Waals surface area contributed by atoms with Crippen molar-refractivity contribution in [2.24, 2.45) is 11.8 Å². The van der Waals surface area contributed by atoms with E-state index < -0.39 is 35.1 Å². The average Bonchev–Trinajstić information content (AvgIpc) is 3.39. The number of amides is 3. The van der Waals surface area contributed by atoms with Gasteiger partial charge in [-0.25, -0.2) is 0 Å². The second-order valence-electron chi connectivity index (χ2n) is 10.6. The zero-order chi connectivity index (χ0) is 26.1. The Balaban J connectivity index is 2.13. The monoisotopic (exact) mass is 489 g/mol. The van der Waals surface area contributed by atoms with Gasteiger partial charge in [0, 0.05) is 26.2 Å².